The summed E-state index contributed by atoms with van der Waals surface area (Å²) < 4.78 is 28.4. The predicted molar refractivity (Wildman–Crippen MR) is 120 cm³/mol. The fraction of sp³-hybridized carbons (Fsp3) is 0.136. The molecule has 3 aromatic rings. The van der Waals surface area contributed by atoms with Crippen LogP contribution in [0.4, 0.5) is 5.69 Å². The minimum Gasteiger partial charge on any atom is -0.507 e. The van der Waals surface area contributed by atoms with Gasteiger partial charge in [-0.15, -0.1) is 0 Å². The molecule has 4 rings (SSSR count). The van der Waals surface area contributed by atoms with Gasteiger partial charge in [-0.05, 0) is 54.1 Å². The van der Waals surface area contributed by atoms with Crippen molar-refractivity contribution in [1.29, 1.82) is 0 Å². The molecular weight excluding hydrogens is 438 g/mol. The number of methoxy groups -OCH3 is 1. The summed E-state index contributed by atoms with van der Waals surface area (Å²) in [5.41, 5.74) is 2.96. The summed E-state index contributed by atoms with van der Waals surface area (Å²) in [6.07, 6.45) is 0.526. The van der Waals surface area contributed by atoms with Gasteiger partial charge in [0.15, 0.2) is 0 Å². The van der Waals surface area contributed by atoms with E-state index < -0.39 is 10.0 Å². The van der Waals surface area contributed by atoms with E-state index in [4.69, 9.17) is 26.6 Å². The van der Waals surface area contributed by atoms with Crippen LogP contribution in [0.25, 0.3) is 0 Å². The van der Waals surface area contributed by atoms with Gasteiger partial charge in [-0.3, -0.25) is 5.01 Å². The van der Waals surface area contributed by atoms with E-state index in [1.165, 1.54) is 19.2 Å². The summed E-state index contributed by atoms with van der Waals surface area (Å²) in [5, 5.41) is 22.9. The Morgan fingerprint density at radius 1 is 1.10 bits per heavy atom. The largest absolute Gasteiger partial charge is 0.507 e. The van der Waals surface area contributed by atoms with Crippen LogP contribution in [0.2, 0.25) is 5.02 Å². The number of hydrogen-bond donors (Lipinski definition) is 2. The average molecular weight is 458 g/mol. The van der Waals surface area contributed by atoms with E-state index in [1.807, 2.05) is 24.3 Å². The minimum atomic E-state index is -3.79. The molecule has 0 spiro atoms. The molecule has 1 heterocycles. The number of hydrogen-bond acceptors (Lipinski definition) is 6. The lowest BCUT2D eigenvalue weighted by atomic mass is 9.97. The zero-order chi connectivity index (χ0) is 22.2. The second kappa shape index (κ2) is 8.22. The predicted octanol–water partition coefficient (Wildman–Crippen LogP) is 4.06. The van der Waals surface area contributed by atoms with Gasteiger partial charge in [0.2, 0.25) is 10.0 Å². The highest BCUT2D eigenvalue weighted by atomic mass is 35.5. The van der Waals surface area contributed by atoms with Crippen molar-refractivity contribution in [3.05, 3.63) is 82.9 Å². The second-order valence-electron chi connectivity index (χ2n) is 7.08. The fourth-order valence-electron chi connectivity index (χ4n) is 3.53. The number of ether oxygens (including phenoxy) is 1. The number of anilines is 1. The number of phenols is 1. The van der Waals surface area contributed by atoms with Crippen LogP contribution < -0.4 is 14.9 Å². The van der Waals surface area contributed by atoms with Gasteiger partial charge in [0.25, 0.3) is 0 Å². The molecule has 160 valence electrons. The molecule has 0 fully saturated rings. The van der Waals surface area contributed by atoms with E-state index in [0.717, 1.165) is 5.56 Å². The number of phenolic OH excluding ortho intramolecular Hbond substituents is 1. The molecule has 7 nitrogen and oxygen atoms in total. The maximum absolute atomic E-state index is 11.6. The molecule has 31 heavy (non-hydrogen) atoms. The molecular formula is C22H20ClN3O4S. The molecule has 1 aliphatic rings. The summed E-state index contributed by atoms with van der Waals surface area (Å²) in [4.78, 5) is 0.0236. The topological polar surface area (TPSA) is 105 Å². The number of aromatic hydroxyl groups is 1. The van der Waals surface area contributed by atoms with E-state index in [1.54, 1.807) is 35.3 Å². The molecule has 3 aromatic carbocycles. The summed E-state index contributed by atoms with van der Waals surface area (Å²) in [5.74, 6) is 0.615. The first-order chi connectivity index (χ1) is 14.8. The number of rotatable bonds is 5. The molecule has 1 unspecified atom stereocenters. The number of primary sulfonamides is 1. The molecule has 0 aromatic heterocycles. The lowest BCUT2D eigenvalue weighted by molar-refractivity contribution is 0.407. The van der Waals surface area contributed by atoms with Crippen LogP contribution in [0.15, 0.2) is 76.7 Å². The molecule has 1 aliphatic heterocycles. The first kappa shape index (κ1) is 21.2. The molecule has 1 atom stereocenters. The number of benzene rings is 3. The highest BCUT2D eigenvalue weighted by Crippen LogP contribution is 2.39. The van der Waals surface area contributed by atoms with Crippen molar-refractivity contribution in [2.45, 2.75) is 17.4 Å². The van der Waals surface area contributed by atoms with E-state index in [0.29, 0.717) is 34.2 Å². The van der Waals surface area contributed by atoms with Crippen LogP contribution >= 0.6 is 11.6 Å². The van der Waals surface area contributed by atoms with Gasteiger partial charge in [-0.1, -0.05) is 23.7 Å². The highest BCUT2D eigenvalue weighted by Gasteiger charge is 2.31. The number of nitrogens with zero attached hydrogens (tertiary/aromatic N) is 2. The third-order valence-electron chi connectivity index (χ3n) is 5.11. The molecule has 9 heteroatoms. The second-order valence-corrected chi connectivity index (χ2v) is 9.08. The fourth-order valence-corrected chi connectivity index (χ4v) is 4.17. The molecule has 0 bridgehead atoms. The van der Waals surface area contributed by atoms with Gasteiger partial charge in [0, 0.05) is 23.1 Å². The number of nitrogens with two attached hydrogens (primary N) is 1. The summed E-state index contributed by atoms with van der Waals surface area (Å²) in [6, 6.07) is 18.6. The third kappa shape index (κ3) is 4.36. The Labute approximate surface area is 185 Å². The zero-order valence-corrected chi connectivity index (χ0v) is 18.1. The monoisotopic (exact) mass is 457 g/mol. The third-order valence-corrected chi connectivity index (χ3v) is 6.29. The Kier molecular flexibility index (Phi) is 5.62. The first-order valence-electron chi connectivity index (χ1n) is 9.38. The van der Waals surface area contributed by atoms with Crippen molar-refractivity contribution in [3.8, 4) is 11.5 Å². The van der Waals surface area contributed by atoms with Crippen LogP contribution in [0.5, 0.6) is 11.5 Å². The summed E-state index contributed by atoms with van der Waals surface area (Å²) in [7, 11) is -2.26. The van der Waals surface area contributed by atoms with Crippen molar-refractivity contribution in [2.75, 3.05) is 12.1 Å². The molecule has 0 saturated heterocycles. The molecule has 0 aliphatic carbocycles. The van der Waals surface area contributed by atoms with Crippen molar-refractivity contribution >= 4 is 33.0 Å². The van der Waals surface area contributed by atoms with Crippen molar-refractivity contribution in [1.82, 2.24) is 0 Å². The van der Waals surface area contributed by atoms with Crippen LogP contribution in [-0.4, -0.2) is 26.3 Å². The van der Waals surface area contributed by atoms with Crippen molar-refractivity contribution in [3.63, 3.8) is 0 Å². The number of halogens is 1. The van der Waals surface area contributed by atoms with E-state index in [2.05, 4.69) is 0 Å². The highest BCUT2D eigenvalue weighted by molar-refractivity contribution is 7.89. The number of hydrazone groups is 1. The Balaban J connectivity index is 1.76. The Bertz CT molecular complexity index is 1240. The average Bonchev–Trinajstić information content (AvgIpc) is 3.18. The maximum atomic E-state index is 11.6. The van der Waals surface area contributed by atoms with Gasteiger partial charge < -0.3 is 9.84 Å². The van der Waals surface area contributed by atoms with Gasteiger partial charge in [0.05, 0.1) is 29.4 Å². The Hall–Kier alpha value is -3.07. The Morgan fingerprint density at radius 2 is 1.77 bits per heavy atom. The van der Waals surface area contributed by atoms with E-state index in [-0.39, 0.29) is 16.7 Å². The number of sulfonamides is 1. The van der Waals surface area contributed by atoms with Gasteiger partial charge in [-0.2, -0.15) is 5.10 Å². The van der Waals surface area contributed by atoms with Crippen LogP contribution in [0.3, 0.4) is 0 Å². The van der Waals surface area contributed by atoms with Crippen LogP contribution in [0.1, 0.15) is 23.6 Å². The smallest absolute Gasteiger partial charge is 0.238 e. The summed E-state index contributed by atoms with van der Waals surface area (Å²) >= 11 is 6.05. The van der Waals surface area contributed by atoms with E-state index >= 15 is 0 Å². The van der Waals surface area contributed by atoms with Gasteiger partial charge in [0.1, 0.15) is 11.5 Å². The molecule has 0 radical (unpaired) electrons. The molecule has 0 amide bonds. The van der Waals surface area contributed by atoms with Crippen molar-refractivity contribution < 1.29 is 18.3 Å². The van der Waals surface area contributed by atoms with E-state index in [9.17, 15) is 13.5 Å². The quantitative estimate of drug-likeness (QED) is 0.601. The molecule has 0 saturated carbocycles. The van der Waals surface area contributed by atoms with Crippen molar-refractivity contribution in [2.24, 2.45) is 10.2 Å². The van der Waals surface area contributed by atoms with Crippen LogP contribution in [0, 0.1) is 0 Å². The van der Waals surface area contributed by atoms with Gasteiger partial charge in [-0.25, -0.2) is 13.6 Å². The first-order valence-corrected chi connectivity index (χ1v) is 11.3. The standard InChI is InChI=1S/C22H20ClN3O4S/c1-30-17-8-11-19(22(27)12-17)20-13-21(14-2-4-15(23)5-3-14)26(25-20)16-6-9-18(10-7-16)31(24,28)29/h2-12,21,27H,13H2,1H3,(H2,24,28,29). The lowest BCUT2D eigenvalue weighted by Gasteiger charge is -2.24. The summed E-state index contributed by atoms with van der Waals surface area (Å²) in [6.45, 7) is 0. The SMILES string of the molecule is COc1ccc(C2=NN(c3ccc(S(N)(=O)=O)cc3)C(c3ccc(Cl)cc3)C2)c(O)c1. The lowest BCUT2D eigenvalue weighted by Crippen LogP contribution is -2.19. The van der Waals surface area contributed by atoms with Crippen LogP contribution in [-0.2, 0) is 10.0 Å². The van der Waals surface area contributed by atoms with Gasteiger partial charge >= 0.3 is 0 Å². The normalized spacial score (nSPS) is 16.3. The zero-order valence-electron chi connectivity index (χ0n) is 16.6. The Morgan fingerprint density at radius 3 is 2.35 bits per heavy atom. The molecule has 3 N–H and O–H groups in total. The minimum absolute atomic E-state index is 0.0236. The maximum Gasteiger partial charge on any atom is 0.238 e.